The van der Waals surface area contributed by atoms with Crippen molar-refractivity contribution < 1.29 is 14.6 Å². The first-order valence-electron chi connectivity index (χ1n) is 2.24. The van der Waals surface area contributed by atoms with E-state index in [4.69, 9.17) is 0 Å². The number of hydrogen-bond acceptors (Lipinski definition) is 3. The molecule has 3 nitrogen and oxygen atoms in total. The maximum absolute atomic E-state index is 10.5. The van der Waals surface area contributed by atoms with Gasteiger partial charge in [0.05, 0.1) is 0 Å². The SMILES string of the molecule is O=C1OC2=P[C@](O)(P)P12. The van der Waals surface area contributed by atoms with Crippen molar-refractivity contribution in [2.75, 3.05) is 0 Å². The highest BCUT2D eigenvalue weighted by Gasteiger charge is 2.58. The molecule has 0 aromatic heterocycles. The van der Waals surface area contributed by atoms with Crippen molar-refractivity contribution in [3.63, 3.8) is 0 Å². The average Bonchev–Trinajstić information content (AvgIpc) is 1.60. The fourth-order valence-corrected chi connectivity index (χ4v) is 5.85. The Hall–Kier alpha value is 0.460. The van der Waals surface area contributed by atoms with E-state index in [0.717, 1.165) is 13.4 Å². The van der Waals surface area contributed by atoms with Gasteiger partial charge in [-0.2, -0.15) is 0 Å². The van der Waals surface area contributed by atoms with Crippen molar-refractivity contribution in [2.24, 2.45) is 0 Å². The summed E-state index contributed by atoms with van der Waals surface area (Å²) < 4.78 is 4.59. The van der Waals surface area contributed by atoms with Crippen LogP contribution in [-0.2, 0) is 4.74 Å². The molecule has 1 fully saturated rings. The molecule has 0 radical (unpaired) electrons. The molecule has 0 aliphatic carbocycles. The number of fused-ring (bicyclic) bond motifs is 1. The van der Waals surface area contributed by atoms with Crippen LogP contribution >= 0.6 is 25.4 Å². The van der Waals surface area contributed by atoms with Crippen molar-refractivity contribution in [3.8, 4) is 0 Å². The second-order valence-electron chi connectivity index (χ2n) is 1.79. The molecule has 48 valence electrons. The molecule has 9 heavy (non-hydrogen) atoms. The van der Waals surface area contributed by atoms with Crippen LogP contribution in [0.25, 0.3) is 0 Å². The molecule has 2 aliphatic rings. The zero-order valence-electron chi connectivity index (χ0n) is 4.24. The smallest absolute Gasteiger partial charge is 0.344 e. The molecule has 0 aromatic rings. The molecule has 0 aromatic carbocycles. The third-order valence-corrected chi connectivity index (χ3v) is 6.30. The Morgan fingerprint density at radius 1 is 1.89 bits per heavy atom. The predicted molar refractivity (Wildman–Crippen MR) is 40.0 cm³/mol. The van der Waals surface area contributed by atoms with E-state index < -0.39 is 12.7 Å². The van der Waals surface area contributed by atoms with Crippen molar-refractivity contribution in [2.45, 2.75) is 4.82 Å². The van der Waals surface area contributed by atoms with E-state index in [1.807, 2.05) is 0 Å². The van der Waals surface area contributed by atoms with Gasteiger partial charge in [-0.05, 0) is 8.20 Å². The van der Waals surface area contributed by atoms with Crippen LogP contribution in [-0.4, -0.2) is 20.9 Å². The number of ether oxygens (including phenoxy) is 1. The molecule has 2 aliphatic heterocycles. The standard InChI is InChI=1S/C3H3O3P3/c4-1-6-2-8-3(5,7)9(1)2/h5H,7H2/t3-,9?/m0/s1. The molecule has 6 heteroatoms. The number of carbonyl (C=O) groups is 1. The first-order valence-corrected chi connectivity index (χ1v) is 5.06. The van der Waals surface area contributed by atoms with Crippen LogP contribution in [0.4, 0.5) is 4.79 Å². The Balaban J connectivity index is 2.34. The first-order chi connectivity index (χ1) is 4.11. The molecule has 0 amide bonds. The summed E-state index contributed by atoms with van der Waals surface area (Å²) in [6, 6.07) is 0. The van der Waals surface area contributed by atoms with Gasteiger partial charge in [0, 0.05) is 0 Å². The monoisotopic (exact) mass is 180 g/mol. The van der Waals surface area contributed by atoms with Crippen LogP contribution in [0.1, 0.15) is 0 Å². The van der Waals surface area contributed by atoms with Crippen molar-refractivity contribution in [1.82, 2.24) is 0 Å². The molecule has 2 heterocycles. The van der Waals surface area contributed by atoms with E-state index in [2.05, 4.69) is 14.0 Å². The van der Waals surface area contributed by atoms with Crippen molar-refractivity contribution in [3.05, 3.63) is 0 Å². The summed E-state index contributed by atoms with van der Waals surface area (Å²) in [5.74, 6) is 0. The Bertz CT molecular complexity index is 220. The third kappa shape index (κ3) is 0.641. The van der Waals surface area contributed by atoms with Crippen LogP contribution in [0, 0.1) is 0 Å². The van der Waals surface area contributed by atoms with Crippen LogP contribution in [0.5, 0.6) is 0 Å². The molecule has 2 rings (SSSR count). The largest absolute Gasteiger partial charge is 0.417 e. The van der Waals surface area contributed by atoms with E-state index in [9.17, 15) is 9.90 Å². The minimum absolute atomic E-state index is 0.240. The minimum Gasteiger partial charge on any atom is -0.417 e. The zero-order chi connectivity index (χ0) is 6.65. The van der Waals surface area contributed by atoms with Gasteiger partial charge in [-0.3, -0.25) is 0 Å². The average molecular weight is 180 g/mol. The lowest BCUT2D eigenvalue weighted by molar-refractivity contribution is 0.215. The molecule has 0 saturated carbocycles. The number of rotatable bonds is 0. The van der Waals surface area contributed by atoms with Gasteiger partial charge in [-0.15, -0.1) is 0 Å². The molecular weight excluding hydrogens is 177 g/mol. The van der Waals surface area contributed by atoms with Gasteiger partial charge in [0.2, 0.25) is 0 Å². The molecule has 1 saturated heterocycles. The number of aliphatic hydroxyl groups is 1. The molecular formula is C3H3O3P3. The topological polar surface area (TPSA) is 46.5 Å². The molecule has 3 atom stereocenters. The van der Waals surface area contributed by atoms with Gasteiger partial charge in [0.15, 0.2) is 10.0 Å². The summed E-state index contributed by atoms with van der Waals surface area (Å²) in [6.07, 6.45) is 0. The summed E-state index contributed by atoms with van der Waals surface area (Å²) in [5, 5.41) is 10.0. The van der Waals surface area contributed by atoms with Crippen LogP contribution < -0.4 is 0 Å². The summed E-state index contributed by atoms with van der Waals surface area (Å²) >= 11 is 0. The van der Waals surface area contributed by atoms with Gasteiger partial charge >= 0.3 is 5.71 Å². The summed E-state index contributed by atoms with van der Waals surface area (Å²) in [5.41, 5.74) is -0.240. The highest BCUT2D eigenvalue weighted by atomic mass is 31.2. The first kappa shape index (κ1) is 6.19. The van der Waals surface area contributed by atoms with E-state index in [-0.39, 0.29) is 5.71 Å². The fourth-order valence-electron chi connectivity index (χ4n) is 0.702. The maximum atomic E-state index is 10.5. The van der Waals surface area contributed by atoms with Gasteiger partial charge in [-0.25, -0.2) is 4.79 Å². The highest BCUT2D eigenvalue weighted by Crippen LogP contribution is 2.75. The molecule has 0 bridgehead atoms. The predicted octanol–water partition coefficient (Wildman–Crippen LogP) is 1.14. The van der Waals surface area contributed by atoms with Gasteiger partial charge in [-0.1, -0.05) is 9.24 Å². The minimum atomic E-state index is -0.941. The number of hydrogen-bond donors (Lipinski definition) is 1. The van der Waals surface area contributed by atoms with E-state index in [1.165, 1.54) is 0 Å². The third-order valence-electron chi connectivity index (χ3n) is 1.14. The lowest BCUT2D eigenvalue weighted by atomic mass is 11.4. The Kier molecular flexibility index (Phi) is 1.06. The molecule has 2 unspecified atom stereocenters. The van der Waals surface area contributed by atoms with Gasteiger partial charge < -0.3 is 9.84 Å². The summed E-state index contributed by atoms with van der Waals surface area (Å²) in [7, 11) is 2.08. The van der Waals surface area contributed by atoms with E-state index in [1.54, 1.807) is 0 Å². The summed E-state index contributed by atoms with van der Waals surface area (Å²) in [6.45, 7) is 0. The van der Waals surface area contributed by atoms with E-state index >= 15 is 0 Å². The van der Waals surface area contributed by atoms with Crippen LogP contribution in [0.15, 0.2) is 0 Å². The van der Waals surface area contributed by atoms with Crippen LogP contribution in [0.2, 0.25) is 0 Å². The highest BCUT2D eigenvalue weighted by molar-refractivity contribution is 8.13. The zero-order valence-corrected chi connectivity index (χ0v) is 7.18. The van der Waals surface area contributed by atoms with Crippen LogP contribution in [0.3, 0.4) is 0 Å². The Labute approximate surface area is 56.5 Å². The second-order valence-corrected chi connectivity index (χ2v) is 7.73. The Morgan fingerprint density at radius 2 is 2.56 bits per heavy atom. The van der Waals surface area contributed by atoms with Crippen molar-refractivity contribution >= 4 is 36.3 Å². The molecule has 0 spiro atoms. The van der Waals surface area contributed by atoms with Crippen molar-refractivity contribution in [1.29, 1.82) is 0 Å². The molecule has 1 N–H and O–H groups in total. The quantitative estimate of drug-likeness (QED) is 0.568. The lowest BCUT2D eigenvalue weighted by Crippen LogP contribution is -2.38. The van der Waals surface area contributed by atoms with Gasteiger partial charge in [0.25, 0.3) is 0 Å². The normalized spacial score (nSPS) is 47.6. The number of carbonyl (C=O) groups excluding carboxylic acids is 1. The Morgan fingerprint density at radius 3 is 2.78 bits per heavy atom. The maximum Gasteiger partial charge on any atom is 0.344 e. The van der Waals surface area contributed by atoms with E-state index in [0.29, 0.717) is 0 Å². The lowest BCUT2D eigenvalue weighted by Gasteiger charge is -2.43. The second kappa shape index (κ2) is 1.54. The van der Waals surface area contributed by atoms with Gasteiger partial charge in [0.1, 0.15) is 7.92 Å². The fraction of sp³-hybridized carbons (Fsp3) is 0.333. The summed E-state index contributed by atoms with van der Waals surface area (Å²) in [4.78, 5) is 9.67.